The molecule has 0 aliphatic heterocycles. The second-order valence-electron chi connectivity index (χ2n) is 7.93. The number of aromatic hydroxyl groups is 1. The summed E-state index contributed by atoms with van der Waals surface area (Å²) in [5.74, 6) is -1.37. The van der Waals surface area contributed by atoms with Gasteiger partial charge in [0.25, 0.3) is 0 Å². The monoisotopic (exact) mass is 500 g/mol. The van der Waals surface area contributed by atoms with E-state index < -0.39 is 42.2 Å². The number of halogens is 4. The fourth-order valence-corrected chi connectivity index (χ4v) is 3.70. The quantitative estimate of drug-likeness (QED) is 0.377. The minimum absolute atomic E-state index is 0.0394. The van der Waals surface area contributed by atoms with Gasteiger partial charge in [0, 0.05) is 6.54 Å². The first-order valence-electron chi connectivity index (χ1n) is 10.8. The molecule has 3 aromatic carbocycles. The maximum atomic E-state index is 13.7. The molecule has 1 amide bonds. The van der Waals surface area contributed by atoms with E-state index in [0.29, 0.717) is 5.56 Å². The predicted molar refractivity (Wildman–Crippen MR) is 122 cm³/mol. The summed E-state index contributed by atoms with van der Waals surface area (Å²) in [5, 5.41) is 16.8. The topological polar surface area (TPSA) is 89.2 Å². The van der Waals surface area contributed by atoms with Gasteiger partial charge in [-0.2, -0.15) is 13.2 Å². The van der Waals surface area contributed by atoms with Crippen LogP contribution in [0.4, 0.5) is 17.6 Å². The lowest BCUT2D eigenvalue weighted by Crippen LogP contribution is -2.34. The maximum Gasteiger partial charge on any atom is 0.416 e. The zero-order valence-corrected chi connectivity index (χ0v) is 18.7. The number of para-hydroxylation sites is 1. The highest BCUT2D eigenvalue weighted by Gasteiger charge is 2.32. The summed E-state index contributed by atoms with van der Waals surface area (Å²) in [6.45, 7) is -1.08. The molecule has 11 heteroatoms. The molecule has 0 bridgehead atoms. The maximum absolute atomic E-state index is 13.7. The Balaban J connectivity index is 1.61. The summed E-state index contributed by atoms with van der Waals surface area (Å²) in [6.07, 6.45) is -4.58. The molecule has 1 heterocycles. The fourth-order valence-electron chi connectivity index (χ4n) is 3.70. The van der Waals surface area contributed by atoms with Crippen LogP contribution in [0.15, 0.2) is 77.6 Å². The Morgan fingerprint density at radius 3 is 2.44 bits per heavy atom. The van der Waals surface area contributed by atoms with Crippen molar-refractivity contribution >= 4 is 5.91 Å². The molecule has 0 saturated carbocycles. The first kappa shape index (κ1) is 24.7. The number of benzene rings is 3. The van der Waals surface area contributed by atoms with Crippen LogP contribution in [0.2, 0.25) is 0 Å². The van der Waals surface area contributed by atoms with Crippen LogP contribution in [-0.4, -0.2) is 25.4 Å². The molecule has 36 heavy (non-hydrogen) atoms. The van der Waals surface area contributed by atoms with Gasteiger partial charge >= 0.3 is 11.9 Å². The van der Waals surface area contributed by atoms with Crippen LogP contribution in [0.5, 0.6) is 5.75 Å². The third-order valence-electron chi connectivity index (χ3n) is 5.39. The van der Waals surface area contributed by atoms with Crippen molar-refractivity contribution in [2.75, 3.05) is 0 Å². The van der Waals surface area contributed by atoms with Crippen molar-refractivity contribution < 1.29 is 27.5 Å². The van der Waals surface area contributed by atoms with Crippen LogP contribution >= 0.6 is 0 Å². The molecule has 1 aromatic heterocycles. The van der Waals surface area contributed by atoms with Crippen molar-refractivity contribution in [2.45, 2.75) is 25.8 Å². The van der Waals surface area contributed by atoms with Gasteiger partial charge in [0.1, 0.15) is 18.1 Å². The fraction of sp³-hybridized carbons (Fsp3) is 0.160. The molecule has 0 radical (unpaired) electrons. The van der Waals surface area contributed by atoms with Crippen molar-refractivity contribution in [1.29, 1.82) is 0 Å². The Morgan fingerprint density at radius 2 is 1.72 bits per heavy atom. The van der Waals surface area contributed by atoms with Gasteiger partial charge in [-0.15, -0.1) is 5.10 Å². The van der Waals surface area contributed by atoms with Crippen LogP contribution in [0.25, 0.3) is 11.4 Å². The number of carbonyl (C=O) groups is 1. The number of phenols is 1. The van der Waals surface area contributed by atoms with E-state index in [9.17, 15) is 32.3 Å². The predicted octanol–water partition coefficient (Wildman–Crippen LogP) is 3.94. The van der Waals surface area contributed by atoms with Gasteiger partial charge in [-0.1, -0.05) is 42.5 Å². The van der Waals surface area contributed by atoms with Gasteiger partial charge in [-0.3, -0.25) is 9.36 Å². The van der Waals surface area contributed by atoms with Gasteiger partial charge < -0.3 is 10.4 Å². The number of carbonyl (C=O) groups excluding carboxylic acids is 1. The second kappa shape index (κ2) is 10.1. The average Bonchev–Trinajstić information content (AvgIpc) is 3.12. The molecule has 186 valence electrons. The van der Waals surface area contributed by atoms with Crippen LogP contribution in [0.3, 0.4) is 0 Å². The molecule has 0 aliphatic rings. The smallest absolute Gasteiger partial charge is 0.416 e. The van der Waals surface area contributed by atoms with Gasteiger partial charge in [-0.25, -0.2) is 13.9 Å². The molecular weight excluding hydrogens is 480 g/mol. The summed E-state index contributed by atoms with van der Waals surface area (Å²) < 4.78 is 55.3. The average molecular weight is 500 g/mol. The number of nitrogens with zero attached hydrogens (tertiary/aromatic N) is 3. The molecule has 7 nitrogen and oxygen atoms in total. The minimum atomic E-state index is -4.58. The number of hydrogen-bond donors (Lipinski definition) is 2. The van der Waals surface area contributed by atoms with Crippen LogP contribution in [0.1, 0.15) is 16.7 Å². The lowest BCUT2D eigenvalue weighted by atomic mass is 10.1. The number of hydrogen-bond acceptors (Lipinski definition) is 4. The summed E-state index contributed by atoms with van der Waals surface area (Å²) in [7, 11) is 0. The van der Waals surface area contributed by atoms with Gasteiger partial charge in [-0.05, 0) is 41.5 Å². The molecule has 2 N–H and O–H groups in total. The third-order valence-corrected chi connectivity index (χ3v) is 5.39. The van der Waals surface area contributed by atoms with Gasteiger partial charge in [0.15, 0.2) is 5.82 Å². The van der Waals surface area contributed by atoms with Gasteiger partial charge in [0.2, 0.25) is 5.91 Å². The van der Waals surface area contributed by atoms with Crippen molar-refractivity contribution in [2.24, 2.45) is 0 Å². The molecule has 0 spiro atoms. The molecule has 0 atom stereocenters. The summed E-state index contributed by atoms with van der Waals surface area (Å²) in [4.78, 5) is 25.6. The highest BCUT2D eigenvalue weighted by Crippen LogP contribution is 2.31. The third kappa shape index (κ3) is 5.45. The normalized spacial score (nSPS) is 11.4. The molecule has 0 fully saturated rings. The van der Waals surface area contributed by atoms with E-state index in [1.807, 2.05) is 0 Å². The number of alkyl halides is 3. The Labute approximate surface area is 202 Å². The largest absolute Gasteiger partial charge is 0.507 e. The van der Waals surface area contributed by atoms with E-state index in [2.05, 4.69) is 10.4 Å². The standard InChI is InChI=1S/C25H20F4N4O3/c26-18-8-5-6-16(12-18)14-32-23(19-9-2-4-11-21(19)34)31-33(24(32)36)15-22(35)30-13-17-7-1-3-10-20(17)25(27,28)29/h1-12,34H,13-15H2,(H,30,35). The number of rotatable bonds is 7. The lowest BCUT2D eigenvalue weighted by Gasteiger charge is -2.13. The minimum Gasteiger partial charge on any atom is -0.507 e. The summed E-state index contributed by atoms with van der Waals surface area (Å²) >= 11 is 0. The summed E-state index contributed by atoms with van der Waals surface area (Å²) in [5.41, 5.74) is -1.06. The second-order valence-corrected chi connectivity index (χ2v) is 7.93. The lowest BCUT2D eigenvalue weighted by molar-refractivity contribution is -0.138. The Hall–Kier alpha value is -4.41. The first-order valence-corrected chi connectivity index (χ1v) is 10.8. The molecule has 4 rings (SSSR count). The van der Waals surface area contributed by atoms with Crippen molar-refractivity contribution in [3.63, 3.8) is 0 Å². The highest BCUT2D eigenvalue weighted by molar-refractivity contribution is 5.75. The first-order chi connectivity index (χ1) is 17.1. The Morgan fingerprint density at radius 1 is 1.00 bits per heavy atom. The Kier molecular flexibility index (Phi) is 6.91. The number of phenolic OH excluding ortho intramolecular Hbond substituents is 1. The van der Waals surface area contributed by atoms with Gasteiger partial charge in [0.05, 0.1) is 17.7 Å². The molecule has 0 saturated heterocycles. The molecule has 4 aromatic rings. The van der Waals surface area contributed by atoms with E-state index >= 15 is 0 Å². The van der Waals surface area contributed by atoms with E-state index in [0.717, 1.165) is 10.7 Å². The molecule has 0 aliphatic carbocycles. The van der Waals surface area contributed by atoms with Crippen LogP contribution in [0, 0.1) is 5.82 Å². The zero-order chi connectivity index (χ0) is 25.9. The van der Waals surface area contributed by atoms with E-state index in [1.165, 1.54) is 53.1 Å². The van der Waals surface area contributed by atoms with E-state index in [1.54, 1.807) is 18.2 Å². The molecule has 0 unspecified atom stereocenters. The van der Waals surface area contributed by atoms with Crippen LogP contribution < -0.4 is 11.0 Å². The SMILES string of the molecule is O=C(Cn1nc(-c2ccccc2O)n(Cc2cccc(F)c2)c1=O)NCc1ccccc1C(F)(F)F. The zero-order valence-electron chi connectivity index (χ0n) is 18.7. The van der Waals surface area contributed by atoms with Crippen molar-refractivity contribution in [1.82, 2.24) is 19.7 Å². The summed E-state index contributed by atoms with van der Waals surface area (Å²) in [6, 6.07) is 16.5. The number of amides is 1. The van der Waals surface area contributed by atoms with Crippen molar-refractivity contribution in [3.05, 3.63) is 106 Å². The van der Waals surface area contributed by atoms with Crippen LogP contribution in [-0.2, 0) is 30.6 Å². The van der Waals surface area contributed by atoms with Crippen molar-refractivity contribution in [3.8, 4) is 17.1 Å². The van der Waals surface area contributed by atoms with E-state index in [4.69, 9.17) is 0 Å². The Bertz CT molecular complexity index is 1460. The molecular formula is C25H20F4N4O3. The number of nitrogens with one attached hydrogen (secondary N) is 1. The highest BCUT2D eigenvalue weighted by atomic mass is 19.4. The van der Waals surface area contributed by atoms with E-state index in [-0.39, 0.29) is 29.2 Å². The number of aromatic nitrogens is 3.